The van der Waals surface area contributed by atoms with Crippen molar-refractivity contribution >= 4 is 41.6 Å². The molecule has 0 saturated carbocycles. The fourth-order valence-electron chi connectivity index (χ4n) is 2.59. The number of methoxy groups -OCH3 is 3. The first-order valence-corrected chi connectivity index (χ1v) is 9.12. The van der Waals surface area contributed by atoms with Crippen LogP contribution in [-0.2, 0) is 0 Å². The second kappa shape index (κ2) is 8.64. The lowest BCUT2D eigenvalue weighted by Gasteiger charge is -2.13. The molecule has 1 aromatic heterocycles. The number of H-pyrrole nitrogens is 1. The van der Waals surface area contributed by atoms with Crippen LogP contribution in [-0.4, -0.2) is 42.4 Å². The predicted octanol–water partition coefficient (Wildman–Crippen LogP) is 4.82. The van der Waals surface area contributed by atoms with Gasteiger partial charge in [-0.15, -0.1) is 0 Å². The van der Waals surface area contributed by atoms with Gasteiger partial charge in [-0.2, -0.15) is 14.9 Å². The van der Waals surface area contributed by atoms with E-state index in [0.29, 0.717) is 49.0 Å². The number of nitrogens with one attached hydrogen (secondary N) is 1. The van der Waals surface area contributed by atoms with Gasteiger partial charge in [0.1, 0.15) is 0 Å². The SMILES string of the molecule is COc1ccc(/C=N\n2c(-c3ccc(Cl)cc3Cl)n[nH]c2=S)c(OC)c1OC. The van der Waals surface area contributed by atoms with E-state index < -0.39 is 0 Å². The predicted molar refractivity (Wildman–Crippen MR) is 112 cm³/mol. The largest absolute Gasteiger partial charge is 0.493 e. The molecule has 0 aliphatic heterocycles. The van der Waals surface area contributed by atoms with Gasteiger partial charge in [-0.05, 0) is 42.5 Å². The molecule has 0 spiro atoms. The zero-order valence-corrected chi connectivity index (χ0v) is 17.5. The van der Waals surface area contributed by atoms with Gasteiger partial charge in [-0.25, -0.2) is 5.10 Å². The smallest absolute Gasteiger partial charge is 0.216 e. The van der Waals surface area contributed by atoms with Crippen LogP contribution in [0, 0.1) is 4.77 Å². The van der Waals surface area contributed by atoms with Crippen molar-refractivity contribution in [1.82, 2.24) is 14.9 Å². The third-order valence-corrected chi connectivity index (χ3v) is 4.68. The second-order valence-corrected chi connectivity index (χ2v) is 6.69. The third-order valence-electron chi connectivity index (χ3n) is 3.87. The molecule has 1 N–H and O–H groups in total. The van der Waals surface area contributed by atoms with E-state index in [0.717, 1.165) is 0 Å². The molecule has 0 atom stereocenters. The lowest BCUT2D eigenvalue weighted by molar-refractivity contribution is 0.324. The van der Waals surface area contributed by atoms with Crippen LogP contribution in [0.5, 0.6) is 17.2 Å². The molecule has 0 aliphatic carbocycles. The van der Waals surface area contributed by atoms with Crippen molar-refractivity contribution < 1.29 is 14.2 Å². The summed E-state index contributed by atoms with van der Waals surface area (Å²) in [6.45, 7) is 0. The highest BCUT2D eigenvalue weighted by Gasteiger charge is 2.16. The normalized spacial score (nSPS) is 11.0. The number of aromatic amines is 1. The molecule has 7 nitrogen and oxygen atoms in total. The quantitative estimate of drug-likeness (QED) is 0.440. The van der Waals surface area contributed by atoms with E-state index in [1.54, 1.807) is 43.7 Å². The van der Waals surface area contributed by atoms with Gasteiger partial charge in [0.2, 0.25) is 10.5 Å². The fraction of sp³-hybridized carbons (Fsp3) is 0.167. The Balaban J connectivity index is 2.07. The summed E-state index contributed by atoms with van der Waals surface area (Å²) in [5, 5.41) is 12.3. The summed E-state index contributed by atoms with van der Waals surface area (Å²) >= 11 is 17.6. The summed E-state index contributed by atoms with van der Waals surface area (Å²) in [6.07, 6.45) is 1.58. The molecular formula is C18H16Cl2N4O3S. The molecule has 0 amide bonds. The Bertz CT molecular complexity index is 1090. The zero-order valence-electron chi connectivity index (χ0n) is 15.2. The number of halogens is 2. The molecule has 3 rings (SSSR count). The number of benzene rings is 2. The molecule has 1 heterocycles. The first-order chi connectivity index (χ1) is 13.5. The fourth-order valence-corrected chi connectivity index (χ4v) is 3.26. The molecule has 0 bridgehead atoms. The van der Waals surface area contributed by atoms with Gasteiger partial charge in [0.05, 0.1) is 32.6 Å². The first-order valence-electron chi connectivity index (χ1n) is 7.96. The minimum Gasteiger partial charge on any atom is -0.493 e. The van der Waals surface area contributed by atoms with E-state index in [2.05, 4.69) is 15.3 Å². The highest BCUT2D eigenvalue weighted by Crippen LogP contribution is 2.39. The molecule has 3 aromatic rings. The molecule has 0 radical (unpaired) electrons. The van der Waals surface area contributed by atoms with Gasteiger partial charge >= 0.3 is 0 Å². The Morgan fingerprint density at radius 3 is 2.46 bits per heavy atom. The molecule has 28 heavy (non-hydrogen) atoms. The van der Waals surface area contributed by atoms with E-state index in [9.17, 15) is 0 Å². The minimum atomic E-state index is 0.303. The molecule has 2 aromatic carbocycles. The molecule has 0 aliphatic rings. The summed E-state index contributed by atoms with van der Waals surface area (Å²) in [5.74, 6) is 1.94. The van der Waals surface area contributed by atoms with Gasteiger partial charge in [0, 0.05) is 16.1 Å². The zero-order chi connectivity index (χ0) is 20.3. The lowest BCUT2D eigenvalue weighted by Crippen LogP contribution is -2.00. The second-order valence-electron chi connectivity index (χ2n) is 5.46. The van der Waals surface area contributed by atoms with Crippen LogP contribution in [0.15, 0.2) is 35.4 Å². The number of hydrogen-bond acceptors (Lipinski definition) is 6. The minimum absolute atomic E-state index is 0.303. The van der Waals surface area contributed by atoms with Crippen LogP contribution in [0.25, 0.3) is 11.4 Å². The van der Waals surface area contributed by atoms with Crippen LogP contribution >= 0.6 is 35.4 Å². The Morgan fingerprint density at radius 2 is 1.82 bits per heavy atom. The van der Waals surface area contributed by atoms with Crippen molar-refractivity contribution in [1.29, 1.82) is 0 Å². The molecular weight excluding hydrogens is 423 g/mol. The maximum Gasteiger partial charge on any atom is 0.216 e. The average Bonchev–Trinajstić information content (AvgIpc) is 3.05. The number of ether oxygens (including phenoxy) is 3. The maximum absolute atomic E-state index is 6.30. The topological polar surface area (TPSA) is 73.7 Å². The average molecular weight is 439 g/mol. The lowest BCUT2D eigenvalue weighted by atomic mass is 10.2. The number of aromatic nitrogens is 3. The van der Waals surface area contributed by atoms with Crippen molar-refractivity contribution in [3.63, 3.8) is 0 Å². The van der Waals surface area contributed by atoms with Crippen LogP contribution in [0.2, 0.25) is 10.0 Å². The van der Waals surface area contributed by atoms with E-state index in [1.807, 2.05) is 0 Å². The van der Waals surface area contributed by atoms with Crippen molar-refractivity contribution in [3.05, 3.63) is 50.7 Å². The molecule has 10 heteroatoms. The van der Waals surface area contributed by atoms with Crippen molar-refractivity contribution in [2.45, 2.75) is 0 Å². The highest BCUT2D eigenvalue weighted by atomic mass is 35.5. The summed E-state index contributed by atoms with van der Waals surface area (Å²) in [5.41, 5.74) is 1.30. The molecule has 146 valence electrons. The summed E-state index contributed by atoms with van der Waals surface area (Å²) in [7, 11) is 4.63. The van der Waals surface area contributed by atoms with E-state index in [-0.39, 0.29) is 0 Å². The molecule has 0 unspecified atom stereocenters. The van der Waals surface area contributed by atoms with Crippen molar-refractivity contribution in [3.8, 4) is 28.6 Å². The van der Waals surface area contributed by atoms with Crippen molar-refractivity contribution in [2.24, 2.45) is 5.10 Å². The third kappa shape index (κ3) is 3.84. The van der Waals surface area contributed by atoms with Gasteiger partial charge in [0.25, 0.3) is 0 Å². The maximum atomic E-state index is 6.30. The summed E-state index contributed by atoms with van der Waals surface area (Å²) in [6, 6.07) is 8.64. The number of hydrogen-bond donors (Lipinski definition) is 1. The van der Waals surface area contributed by atoms with Crippen LogP contribution < -0.4 is 14.2 Å². The van der Waals surface area contributed by atoms with E-state index >= 15 is 0 Å². The van der Waals surface area contributed by atoms with E-state index in [1.165, 1.54) is 18.9 Å². The van der Waals surface area contributed by atoms with Gasteiger partial charge in [0.15, 0.2) is 17.3 Å². The van der Waals surface area contributed by atoms with E-state index in [4.69, 9.17) is 49.6 Å². The Morgan fingerprint density at radius 1 is 1.07 bits per heavy atom. The Hall–Kier alpha value is -2.55. The number of nitrogens with zero attached hydrogens (tertiary/aromatic N) is 3. The highest BCUT2D eigenvalue weighted by molar-refractivity contribution is 7.71. The Kier molecular flexibility index (Phi) is 6.23. The summed E-state index contributed by atoms with van der Waals surface area (Å²) in [4.78, 5) is 0. The molecule has 0 saturated heterocycles. The summed E-state index contributed by atoms with van der Waals surface area (Å²) < 4.78 is 17.9. The van der Waals surface area contributed by atoms with Crippen LogP contribution in [0.1, 0.15) is 5.56 Å². The monoisotopic (exact) mass is 438 g/mol. The Labute approximate surface area is 176 Å². The van der Waals surface area contributed by atoms with Crippen LogP contribution in [0.3, 0.4) is 0 Å². The first kappa shape index (κ1) is 20.2. The van der Waals surface area contributed by atoms with Gasteiger partial charge in [-0.1, -0.05) is 23.2 Å². The number of rotatable bonds is 6. The van der Waals surface area contributed by atoms with Gasteiger partial charge < -0.3 is 14.2 Å². The molecule has 0 fully saturated rings. The van der Waals surface area contributed by atoms with Gasteiger partial charge in [-0.3, -0.25) is 0 Å². The van der Waals surface area contributed by atoms with Crippen LogP contribution in [0.4, 0.5) is 0 Å². The van der Waals surface area contributed by atoms with Crippen molar-refractivity contribution in [2.75, 3.05) is 21.3 Å². The standard InChI is InChI=1S/C18H16Cl2N4O3S/c1-25-14-7-4-10(15(26-2)16(14)27-3)9-21-24-17(22-23-18(24)28)12-6-5-11(19)8-13(12)20/h4-9H,1-3H3,(H,23,28)/b21-9-.